The van der Waals surface area contributed by atoms with Crippen molar-refractivity contribution in [1.82, 2.24) is 0 Å². The van der Waals surface area contributed by atoms with Gasteiger partial charge in [0.1, 0.15) is 0 Å². The highest BCUT2D eigenvalue weighted by Gasteiger charge is 2.07. The van der Waals surface area contributed by atoms with E-state index in [9.17, 15) is 5.11 Å². The fourth-order valence-corrected chi connectivity index (χ4v) is 3.68. The number of aliphatic hydroxyl groups is 1. The standard InChI is InChI=1S/C20H42O2S/c1-4-7-8-9-10-13-19(6-3)14-11-12-15-22-17-20(21)18-23-16-5-2/h19-21H,4-18H2,1-3H3. The lowest BCUT2D eigenvalue weighted by Gasteiger charge is -2.15. The molecule has 23 heavy (non-hydrogen) atoms. The summed E-state index contributed by atoms with van der Waals surface area (Å²) in [7, 11) is 0. The van der Waals surface area contributed by atoms with Crippen LogP contribution in [0.25, 0.3) is 0 Å². The zero-order valence-corrected chi connectivity index (χ0v) is 16.8. The number of thioether (sulfide) groups is 1. The Hall–Kier alpha value is 0.270. The van der Waals surface area contributed by atoms with Gasteiger partial charge in [0.05, 0.1) is 12.7 Å². The molecular weight excluding hydrogens is 304 g/mol. The second-order valence-electron chi connectivity index (χ2n) is 6.78. The van der Waals surface area contributed by atoms with Crippen LogP contribution in [0.15, 0.2) is 0 Å². The highest BCUT2D eigenvalue weighted by molar-refractivity contribution is 7.99. The first-order valence-corrected chi connectivity index (χ1v) is 11.2. The molecule has 0 aliphatic rings. The number of aliphatic hydroxyl groups excluding tert-OH is 1. The van der Waals surface area contributed by atoms with E-state index in [1.807, 2.05) is 11.8 Å². The number of ether oxygens (including phenoxy) is 1. The summed E-state index contributed by atoms with van der Waals surface area (Å²) >= 11 is 1.82. The van der Waals surface area contributed by atoms with Gasteiger partial charge in [-0.25, -0.2) is 0 Å². The lowest BCUT2D eigenvalue weighted by Crippen LogP contribution is -2.18. The molecule has 2 nitrogen and oxygen atoms in total. The van der Waals surface area contributed by atoms with Gasteiger partial charge in [-0.1, -0.05) is 78.6 Å². The van der Waals surface area contributed by atoms with Gasteiger partial charge in [0.2, 0.25) is 0 Å². The summed E-state index contributed by atoms with van der Waals surface area (Å²) in [6.07, 6.45) is 14.4. The van der Waals surface area contributed by atoms with E-state index in [1.54, 1.807) is 0 Å². The molecule has 0 saturated carbocycles. The summed E-state index contributed by atoms with van der Waals surface area (Å²) in [5.41, 5.74) is 0. The van der Waals surface area contributed by atoms with E-state index in [4.69, 9.17) is 4.74 Å². The summed E-state index contributed by atoms with van der Waals surface area (Å²) in [6, 6.07) is 0. The smallest absolute Gasteiger partial charge is 0.0863 e. The quantitative estimate of drug-likeness (QED) is 0.306. The molecule has 1 N–H and O–H groups in total. The van der Waals surface area contributed by atoms with Gasteiger partial charge in [-0.3, -0.25) is 0 Å². The molecule has 0 bridgehead atoms. The third-order valence-corrected chi connectivity index (χ3v) is 5.73. The molecule has 3 heteroatoms. The lowest BCUT2D eigenvalue weighted by atomic mass is 9.93. The zero-order valence-electron chi connectivity index (χ0n) is 16.0. The fourth-order valence-electron chi connectivity index (χ4n) is 2.86. The molecular formula is C20H42O2S. The Morgan fingerprint density at radius 3 is 2.22 bits per heavy atom. The SMILES string of the molecule is CCCCCCCC(CC)CCCCOCC(O)CSCCC. The minimum Gasteiger partial charge on any atom is -0.390 e. The second-order valence-corrected chi connectivity index (χ2v) is 7.93. The van der Waals surface area contributed by atoms with Crippen molar-refractivity contribution < 1.29 is 9.84 Å². The van der Waals surface area contributed by atoms with Crippen LogP contribution in [0.5, 0.6) is 0 Å². The molecule has 2 atom stereocenters. The van der Waals surface area contributed by atoms with E-state index >= 15 is 0 Å². The van der Waals surface area contributed by atoms with Crippen molar-refractivity contribution >= 4 is 11.8 Å². The monoisotopic (exact) mass is 346 g/mol. The first kappa shape index (κ1) is 23.3. The average molecular weight is 347 g/mol. The number of rotatable bonds is 18. The molecule has 0 amide bonds. The molecule has 0 spiro atoms. The first-order valence-electron chi connectivity index (χ1n) is 10.1. The molecule has 0 aromatic carbocycles. The van der Waals surface area contributed by atoms with Crippen molar-refractivity contribution in [1.29, 1.82) is 0 Å². The van der Waals surface area contributed by atoms with Crippen LogP contribution in [0.3, 0.4) is 0 Å². The van der Waals surface area contributed by atoms with E-state index in [-0.39, 0.29) is 6.10 Å². The minimum atomic E-state index is -0.293. The van der Waals surface area contributed by atoms with Crippen molar-refractivity contribution in [3.05, 3.63) is 0 Å². The summed E-state index contributed by atoms with van der Waals surface area (Å²) in [6.45, 7) is 8.09. The molecule has 0 aromatic rings. The Morgan fingerprint density at radius 2 is 1.57 bits per heavy atom. The van der Waals surface area contributed by atoms with Crippen molar-refractivity contribution in [2.45, 2.75) is 97.5 Å². The van der Waals surface area contributed by atoms with Crippen LogP contribution in [0, 0.1) is 5.92 Å². The third kappa shape index (κ3) is 16.9. The molecule has 0 rings (SSSR count). The van der Waals surface area contributed by atoms with Crippen molar-refractivity contribution in [3.8, 4) is 0 Å². The van der Waals surface area contributed by atoms with Crippen molar-refractivity contribution in [3.63, 3.8) is 0 Å². The van der Waals surface area contributed by atoms with Crippen LogP contribution in [-0.2, 0) is 4.74 Å². The van der Waals surface area contributed by atoms with Crippen LogP contribution in [0.4, 0.5) is 0 Å². The Labute approximate surface area is 150 Å². The van der Waals surface area contributed by atoms with Gasteiger partial charge in [0, 0.05) is 12.4 Å². The maximum absolute atomic E-state index is 9.77. The fraction of sp³-hybridized carbons (Fsp3) is 1.00. The number of unbranched alkanes of at least 4 members (excludes halogenated alkanes) is 5. The van der Waals surface area contributed by atoms with Crippen LogP contribution < -0.4 is 0 Å². The largest absolute Gasteiger partial charge is 0.390 e. The van der Waals surface area contributed by atoms with Gasteiger partial charge in [0.15, 0.2) is 0 Å². The van der Waals surface area contributed by atoms with Gasteiger partial charge >= 0.3 is 0 Å². The normalized spacial score (nSPS) is 14.1. The van der Waals surface area contributed by atoms with E-state index in [0.717, 1.165) is 30.5 Å². The van der Waals surface area contributed by atoms with E-state index in [2.05, 4.69) is 20.8 Å². The molecule has 140 valence electrons. The number of hydrogen-bond donors (Lipinski definition) is 1. The van der Waals surface area contributed by atoms with Gasteiger partial charge in [-0.05, 0) is 24.5 Å². The highest BCUT2D eigenvalue weighted by atomic mass is 32.2. The van der Waals surface area contributed by atoms with E-state index in [1.165, 1.54) is 64.2 Å². The molecule has 0 radical (unpaired) electrons. The maximum atomic E-state index is 9.77. The Bertz CT molecular complexity index is 224. The van der Waals surface area contributed by atoms with Gasteiger partial charge in [0.25, 0.3) is 0 Å². The molecule has 0 saturated heterocycles. The van der Waals surface area contributed by atoms with E-state index in [0.29, 0.717) is 6.61 Å². The molecule has 0 aliphatic carbocycles. The van der Waals surface area contributed by atoms with Crippen molar-refractivity contribution in [2.24, 2.45) is 5.92 Å². The minimum absolute atomic E-state index is 0.293. The van der Waals surface area contributed by atoms with Gasteiger partial charge in [-0.15, -0.1) is 0 Å². The van der Waals surface area contributed by atoms with Gasteiger partial charge < -0.3 is 9.84 Å². The molecule has 2 unspecified atom stereocenters. The summed E-state index contributed by atoms with van der Waals surface area (Å²) in [5, 5.41) is 9.77. The van der Waals surface area contributed by atoms with Crippen LogP contribution >= 0.6 is 11.8 Å². The van der Waals surface area contributed by atoms with Crippen LogP contribution in [0.2, 0.25) is 0 Å². The molecule has 0 aromatic heterocycles. The van der Waals surface area contributed by atoms with Gasteiger partial charge in [-0.2, -0.15) is 11.8 Å². The lowest BCUT2D eigenvalue weighted by molar-refractivity contribution is 0.0464. The first-order chi connectivity index (χ1) is 11.2. The second kappa shape index (κ2) is 18.6. The van der Waals surface area contributed by atoms with E-state index < -0.39 is 0 Å². The predicted octanol–water partition coefficient (Wildman–Crippen LogP) is 6.06. The third-order valence-electron chi connectivity index (χ3n) is 4.41. The molecule has 0 fully saturated rings. The molecule has 0 aliphatic heterocycles. The highest BCUT2D eigenvalue weighted by Crippen LogP contribution is 2.20. The maximum Gasteiger partial charge on any atom is 0.0863 e. The Balaban J connectivity index is 3.39. The predicted molar refractivity (Wildman–Crippen MR) is 105 cm³/mol. The summed E-state index contributed by atoms with van der Waals surface area (Å²) in [5.74, 6) is 2.85. The number of hydrogen-bond acceptors (Lipinski definition) is 3. The summed E-state index contributed by atoms with van der Waals surface area (Å²) in [4.78, 5) is 0. The van der Waals surface area contributed by atoms with Crippen LogP contribution in [0.1, 0.15) is 91.4 Å². The van der Waals surface area contributed by atoms with Crippen LogP contribution in [-0.4, -0.2) is 35.9 Å². The summed E-state index contributed by atoms with van der Waals surface area (Å²) < 4.78 is 5.60. The Kier molecular flexibility index (Phi) is 18.8. The topological polar surface area (TPSA) is 29.5 Å². The average Bonchev–Trinajstić information content (AvgIpc) is 2.56. The van der Waals surface area contributed by atoms with Crippen molar-refractivity contribution in [2.75, 3.05) is 24.7 Å². The Morgan fingerprint density at radius 1 is 0.870 bits per heavy atom. The zero-order chi connectivity index (χ0) is 17.2. The molecule has 0 heterocycles.